The Morgan fingerprint density at radius 1 is 1.19 bits per heavy atom. The van der Waals surface area contributed by atoms with E-state index in [1.54, 1.807) is 18.2 Å². The third-order valence-corrected chi connectivity index (χ3v) is 6.04. The van der Waals surface area contributed by atoms with Crippen molar-refractivity contribution in [1.82, 2.24) is 10.2 Å². The number of piperidine rings is 1. The van der Waals surface area contributed by atoms with Gasteiger partial charge < -0.3 is 14.6 Å². The van der Waals surface area contributed by atoms with Gasteiger partial charge in [-0.15, -0.1) is 0 Å². The summed E-state index contributed by atoms with van der Waals surface area (Å²) in [5.74, 6) is -1.19. The molecular weight excluding hydrogens is 410 g/mol. The molecule has 2 N–H and O–H groups in total. The third kappa shape index (κ3) is 3.24. The average Bonchev–Trinajstić information content (AvgIpc) is 3.32. The number of rotatable bonds is 4. The number of para-hydroxylation sites is 1. The molecule has 2 aromatic carbocycles. The third-order valence-electron chi connectivity index (χ3n) is 6.04. The van der Waals surface area contributed by atoms with Gasteiger partial charge in [-0.1, -0.05) is 31.2 Å². The zero-order chi connectivity index (χ0) is 22.4. The van der Waals surface area contributed by atoms with Crippen LogP contribution in [-0.4, -0.2) is 34.6 Å². The van der Waals surface area contributed by atoms with Crippen LogP contribution in [0.5, 0.6) is 0 Å². The summed E-state index contributed by atoms with van der Waals surface area (Å²) >= 11 is 0. The number of fused-ring (bicyclic) bond motifs is 2. The van der Waals surface area contributed by atoms with E-state index in [4.69, 9.17) is 4.42 Å². The lowest BCUT2D eigenvalue weighted by atomic mass is 10.0. The molecule has 8 heteroatoms. The van der Waals surface area contributed by atoms with Crippen LogP contribution in [0.3, 0.4) is 0 Å². The van der Waals surface area contributed by atoms with Crippen molar-refractivity contribution in [2.75, 3.05) is 5.32 Å². The predicted octanol–water partition coefficient (Wildman–Crippen LogP) is 3.01. The highest BCUT2D eigenvalue weighted by Gasteiger charge is 2.39. The first-order chi connectivity index (χ1) is 15.5. The number of amides is 4. The quantitative estimate of drug-likeness (QED) is 0.618. The molecule has 1 aromatic heterocycles. The molecular formula is C24H21N3O5. The van der Waals surface area contributed by atoms with Crippen LogP contribution in [0.15, 0.2) is 46.9 Å². The number of carbonyl (C=O) groups excluding carboxylic acids is 4. The van der Waals surface area contributed by atoms with Gasteiger partial charge in [-0.05, 0) is 36.6 Å². The molecule has 5 rings (SSSR count). The van der Waals surface area contributed by atoms with E-state index in [1.807, 2.05) is 31.2 Å². The Hall–Kier alpha value is -3.94. The Bertz CT molecular complexity index is 1290. The summed E-state index contributed by atoms with van der Waals surface area (Å²) in [5, 5.41) is 6.02. The van der Waals surface area contributed by atoms with E-state index in [2.05, 4.69) is 10.6 Å². The maximum atomic E-state index is 13.0. The Kier molecular flexibility index (Phi) is 4.77. The lowest BCUT2D eigenvalue weighted by molar-refractivity contribution is -0.136. The molecule has 4 amide bonds. The SMILES string of the molecule is CCc1c(C(=O)Nc2ccc3c(c2)C(=O)N(C2CCC(=O)NC2=O)C3)oc2ccccc12. The van der Waals surface area contributed by atoms with E-state index >= 15 is 0 Å². The number of hydrogen-bond donors (Lipinski definition) is 2. The van der Waals surface area contributed by atoms with E-state index in [0.29, 0.717) is 29.7 Å². The number of aryl methyl sites for hydroxylation is 1. The predicted molar refractivity (Wildman–Crippen MR) is 116 cm³/mol. The van der Waals surface area contributed by atoms with Gasteiger partial charge in [0.25, 0.3) is 11.8 Å². The fraction of sp³-hybridized carbons (Fsp3) is 0.250. The summed E-state index contributed by atoms with van der Waals surface area (Å²) in [4.78, 5) is 51.0. The van der Waals surface area contributed by atoms with Gasteiger partial charge in [-0.25, -0.2) is 0 Å². The second-order valence-corrected chi connectivity index (χ2v) is 7.99. The zero-order valence-corrected chi connectivity index (χ0v) is 17.4. The second-order valence-electron chi connectivity index (χ2n) is 7.99. The first-order valence-electron chi connectivity index (χ1n) is 10.6. The fourth-order valence-corrected chi connectivity index (χ4v) is 4.45. The summed E-state index contributed by atoms with van der Waals surface area (Å²) in [6.07, 6.45) is 1.15. The number of carbonyl (C=O) groups is 4. The van der Waals surface area contributed by atoms with Crippen molar-refractivity contribution in [3.05, 3.63) is 64.9 Å². The van der Waals surface area contributed by atoms with Crippen LogP contribution in [0.25, 0.3) is 11.0 Å². The van der Waals surface area contributed by atoms with Crippen LogP contribution in [0, 0.1) is 0 Å². The highest BCUT2D eigenvalue weighted by Crippen LogP contribution is 2.31. The standard InChI is InChI=1S/C24H21N3O5/c1-2-15-16-5-3-4-6-19(16)32-21(15)23(30)25-14-8-7-13-12-27(24(31)17(13)11-14)18-9-10-20(28)26-22(18)29/h3-8,11,18H,2,9-10,12H2,1H3,(H,25,30)(H,26,28,29). The van der Waals surface area contributed by atoms with Crippen LogP contribution in [0.2, 0.25) is 0 Å². The van der Waals surface area contributed by atoms with Crippen LogP contribution in [0.4, 0.5) is 5.69 Å². The second kappa shape index (κ2) is 7.64. The van der Waals surface area contributed by atoms with Gasteiger partial charge in [0.15, 0.2) is 5.76 Å². The Morgan fingerprint density at radius 3 is 2.78 bits per heavy atom. The highest BCUT2D eigenvalue weighted by molar-refractivity contribution is 6.08. The molecule has 32 heavy (non-hydrogen) atoms. The molecule has 0 aliphatic carbocycles. The van der Waals surface area contributed by atoms with E-state index in [0.717, 1.165) is 16.5 Å². The molecule has 1 unspecified atom stereocenters. The minimum absolute atomic E-state index is 0.203. The van der Waals surface area contributed by atoms with Gasteiger partial charge in [0, 0.05) is 35.2 Å². The normalized spacial score (nSPS) is 18.1. The minimum atomic E-state index is -0.673. The van der Waals surface area contributed by atoms with Crippen LogP contribution >= 0.6 is 0 Å². The van der Waals surface area contributed by atoms with E-state index in [-0.39, 0.29) is 36.4 Å². The maximum Gasteiger partial charge on any atom is 0.291 e. The fourth-order valence-electron chi connectivity index (χ4n) is 4.45. The van der Waals surface area contributed by atoms with Crippen LogP contribution in [0.1, 0.15) is 51.8 Å². The lowest BCUT2D eigenvalue weighted by Gasteiger charge is -2.29. The number of nitrogens with zero attached hydrogens (tertiary/aromatic N) is 1. The number of anilines is 1. The van der Waals surface area contributed by atoms with Gasteiger partial charge in [0.05, 0.1) is 0 Å². The Balaban J connectivity index is 1.38. The van der Waals surface area contributed by atoms with Crippen molar-refractivity contribution < 1.29 is 23.6 Å². The van der Waals surface area contributed by atoms with Gasteiger partial charge in [0.1, 0.15) is 11.6 Å². The van der Waals surface area contributed by atoms with Crippen molar-refractivity contribution >= 4 is 40.3 Å². The molecule has 1 atom stereocenters. The van der Waals surface area contributed by atoms with Crippen molar-refractivity contribution in [3.63, 3.8) is 0 Å². The van der Waals surface area contributed by atoms with Crippen LogP contribution in [-0.2, 0) is 22.6 Å². The molecule has 0 radical (unpaired) electrons. The summed E-state index contributed by atoms with van der Waals surface area (Å²) in [6, 6.07) is 11.9. The number of nitrogens with one attached hydrogen (secondary N) is 2. The molecule has 0 saturated carbocycles. The summed E-state index contributed by atoms with van der Waals surface area (Å²) < 4.78 is 5.80. The van der Waals surface area contributed by atoms with Gasteiger partial charge in [-0.3, -0.25) is 24.5 Å². The lowest BCUT2D eigenvalue weighted by Crippen LogP contribution is -2.52. The Labute approximate surface area is 183 Å². The monoisotopic (exact) mass is 431 g/mol. The van der Waals surface area contributed by atoms with Crippen molar-refractivity contribution in [3.8, 4) is 0 Å². The van der Waals surface area contributed by atoms with Gasteiger partial charge >= 0.3 is 0 Å². The molecule has 2 aliphatic heterocycles. The maximum absolute atomic E-state index is 13.0. The first-order valence-corrected chi connectivity index (χ1v) is 10.6. The number of imide groups is 1. The topological polar surface area (TPSA) is 109 Å². The highest BCUT2D eigenvalue weighted by atomic mass is 16.3. The molecule has 0 bridgehead atoms. The number of furan rings is 1. The van der Waals surface area contributed by atoms with E-state index < -0.39 is 11.9 Å². The summed E-state index contributed by atoms with van der Waals surface area (Å²) in [5.41, 5.74) is 3.16. The smallest absolute Gasteiger partial charge is 0.291 e. The van der Waals surface area contributed by atoms with Gasteiger partial charge in [-0.2, -0.15) is 0 Å². The van der Waals surface area contributed by atoms with Crippen molar-refractivity contribution in [2.45, 2.75) is 38.8 Å². The van der Waals surface area contributed by atoms with E-state index in [9.17, 15) is 19.2 Å². The molecule has 2 aliphatic rings. The zero-order valence-electron chi connectivity index (χ0n) is 17.4. The molecule has 3 heterocycles. The summed E-state index contributed by atoms with van der Waals surface area (Å²) in [6.45, 7) is 2.25. The van der Waals surface area contributed by atoms with Crippen LogP contribution < -0.4 is 10.6 Å². The molecule has 1 fully saturated rings. The minimum Gasteiger partial charge on any atom is -0.451 e. The van der Waals surface area contributed by atoms with E-state index in [1.165, 1.54) is 4.90 Å². The Morgan fingerprint density at radius 2 is 2.00 bits per heavy atom. The molecule has 8 nitrogen and oxygen atoms in total. The summed E-state index contributed by atoms with van der Waals surface area (Å²) in [7, 11) is 0. The molecule has 162 valence electrons. The first kappa shape index (κ1) is 20.0. The largest absolute Gasteiger partial charge is 0.451 e. The molecule has 3 aromatic rings. The van der Waals surface area contributed by atoms with Gasteiger partial charge in [0.2, 0.25) is 11.8 Å². The average molecular weight is 431 g/mol. The van der Waals surface area contributed by atoms with Crippen molar-refractivity contribution in [2.24, 2.45) is 0 Å². The molecule has 0 spiro atoms. The number of benzene rings is 2. The van der Waals surface area contributed by atoms with Crippen molar-refractivity contribution in [1.29, 1.82) is 0 Å². The molecule has 1 saturated heterocycles. The number of hydrogen-bond acceptors (Lipinski definition) is 5.